The topological polar surface area (TPSA) is 70.2 Å². The number of hydrogen-bond donors (Lipinski definition) is 2. The van der Waals surface area contributed by atoms with Crippen LogP contribution in [0.3, 0.4) is 0 Å². The van der Waals surface area contributed by atoms with Crippen LogP contribution < -0.4 is 10.6 Å². The molecule has 0 unspecified atom stereocenters. The molecule has 0 atom stereocenters. The predicted octanol–water partition coefficient (Wildman–Crippen LogP) is 2.38. The summed E-state index contributed by atoms with van der Waals surface area (Å²) in [6.45, 7) is 5.33. The summed E-state index contributed by atoms with van der Waals surface area (Å²) in [5.74, 6) is 0.240. The number of likely N-dealkylation sites (N-methyl/N-ethyl adjacent to an activating group) is 1. The molecule has 1 heterocycles. The summed E-state index contributed by atoms with van der Waals surface area (Å²) >= 11 is 0. The summed E-state index contributed by atoms with van der Waals surface area (Å²) < 4.78 is 0. The first kappa shape index (κ1) is 17.9. The van der Waals surface area contributed by atoms with Crippen molar-refractivity contribution < 1.29 is 4.79 Å². The Kier molecular flexibility index (Phi) is 6.26. The summed E-state index contributed by atoms with van der Waals surface area (Å²) in [6.07, 6.45) is 0.999. The lowest BCUT2D eigenvalue weighted by Crippen LogP contribution is -2.32. The van der Waals surface area contributed by atoms with Crippen LogP contribution in [0, 0.1) is 6.92 Å². The molecule has 1 aromatic carbocycles. The van der Waals surface area contributed by atoms with Crippen molar-refractivity contribution in [3.05, 3.63) is 47.3 Å². The molecule has 2 aromatic rings. The Hall–Kier alpha value is -2.47. The van der Waals surface area contributed by atoms with Crippen LogP contribution in [0.15, 0.2) is 30.3 Å². The van der Waals surface area contributed by atoms with Crippen molar-refractivity contribution in [1.82, 2.24) is 20.2 Å². The molecular formula is C18H25N5O. The summed E-state index contributed by atoms with van der Waals surface area (Å²) in [7, 11) is 3.93. The monoisotopic (exact) mass is 327 g/mol. The van der Waals surface area contributed by atoms with E-state index in [4.69, 9.17) is 0 Å². The van der Waals surface area contributed by atoms with Gasteiger partial charge in [-0.3, -0.25) is 4.79 Å². The molecule has 6 nitrogen and oxygen atoms in total. The molecule has 0 bridgehead atoms. The number of nitrogens with zero attached hydrogens (tertiary/aromatic N) is 3. The number of hydrogen-bond acceptors (Lipinski definition) is 5. The molecule has 2 N–H and O–H groups in total. The van der Waals surface area contributed by atoms with Crippen LogP contribution >= 0.6 is 0 Å². The molecule has 2 rings (SSSR count). The molecule has 24 heavy (non-hydrogen) atoms. The lowest BCUT2D eigenvalue weighted by Gasteiger charge is -2.11. The number of carbonyl (C=O) groups excluding carboxylic acids is 1. The highest BCUT2D eigenvalue weighted by atomic mass is 16.1. The smallest absolute Gasteiger partial charge is 0.270 e. The van der Waals surface area contributed by atoms with Gasteiger partial charge >= 0.3 is 0 Å². The molecule has 0 spiro atoms. The highest BCUT2D eigenvalue weighted by Crippen LogP contribution is 2.15. The fourth-order valence-electron chi connectivity index (χ4n) is 2.18. The van der Waals surface area contributed by atoms with E-state index in [1.807, 2.05) is 38.1 Å². The normalized spacial score (nSPS) is 10.7. The first-order valence-corrected chi connectivity index (χ1v) is 8.12. The zero-order valence-corrected chi connectivity index (χ0v) is 14.8. The van der Waals surface area contributed by atoms with Crippen LogP contribution in [0.2, 0.25) is 0 Å². The lowest BCUT2D eigenvalue weighted by atomic mass is 10.1. The average Bonchev–Trinajstić information content (AvgIpc) is 2.54. The molecule has 1 aromatic heterocycles. The van der Waals surface area contributed by atoms with E-state index in [0.29, 0.717) is 18.2 Å². The van der Waals surface area contributed by atoms with E-state index in [9.17, 15) is 4.79 Å². The molecule has 0 saturated carbocycles. The van der Waals surface area contributed by atoms with Gasteiger partial charge in [-0.15, -0.1) is 0 Å². The Labute approximate surface area is 143 Å². The number of amides is 1. The average molecular weight is 327 g/mol. The molecular weight excluding hydrogens is 302 g/mol. The minimum atomic E-state index is -0.188. The van der Waals surface area contributed by atoms with E-state index in [1.165, 1.54) is 5.56 Å². The van der Waals surface area contributed by atoms with Crippen molar-refractivity contribution >= 4 is 17.5 Å². The van der Waals surface area contributed by atoms with E-state index in [-0.39, 0.29) is 5.91 Å². The fourth-order valence-corrected chi connectivity index (χ4v) is 2.18. The number of rotatable bonds is 7. The second-order valence-corrected chi connectivity index (χ2v) is 5.95. The molecule has 0 fully saturated rings. The van der Waals surface area contributed by atoms with Gasteiger partial charge in [0.2, 0.25) is 5.95 Å². The molecule has 0 aliphatic rings. The van der Waals surface area contributed by atoms with E-state index in [0.717, 1.165) is 24.3 Å². The standard InChI is InChI=1S/C18H25N5O/c1-5-14-6-8-15(9-7-14)21-18-20-13(2)12-16(22-18)17(24)19-10-11-23(3)4/h6-9,12H,5,10-11H2,1-4H3,(H,19,24)(H,20,21,22). The Morgan fingerprint density at radius 3 is 2.50 bits per heavy atom. The number of carbonyl (C=O) groups is 1. The summed E-state index contributed by atoms with van der Waals surface area (Å²) in [6, 6.07) is 9.79. The minimum Gasteiger partial charge on any atom is -0.349 e. The molecule has 128 valence electrons. The van der Waals surface area contributed by atoms with E-state index in [2.05, 4.69) is 39.7 Å². The van der Waals surface area contributed by atoms with Gasteiger partial charge in [-0.25, -0.2) is 9.97 Å². The maximum Gasteiger partial charge on any atom is 0.270 e. The van der Waals surface area contributed by atoms with Crippen LogP contribution in [0.1, 0.15) is 28.7 Å². The van der Waals surface area contributed by atoms with Crippen molar-refractivity contribution in [2.45, 2.75) is 20.3 Å². The largest absolute Gasteiger partial charge is 0.349 e. The van der Waals surface area contributed by atoms with Crippen molar-refractivity contribution in [3.8, 4) is 0 Å². The number of aryl methyl sites for hydroxylation is 2. The van der Waals surface area contributed by atoms with Gasteiger partial charge < -0.3 is 15.5 Å². The van der Waals surface area contributed by atoms with Crippen molar-refractivity contribution in [1.29, 1.82) is 0 Å². The van der Waals surface area contributed by atoms with Gasteiger partial charge in [-0.1, -0.05) is 19.1 Å². The molecule has 1 amide bonds. The molecule has 0 saturated heterocycles. The zero-order valence-electron chi connectivity index (χ0n) is 14.8. The molecule has 6 heteroatoms. The third-order valence-electron chi connectivity index (χ3n) is 3.55. The second kappa shape index (κ2) is 8.40. The van der Waals surface area contributed by atoms with Crippen molar-refractivity contribution in [3.63, 3.8) is 0 Å². The van der Waals surface area contributed by atoms with Crippen LogP contribution in [0.4, 0.5) is 11.6 Å². The second-order valence-electron chi connectivity index (χ2n) is 5.95. The van der Waals surface area contributed by atoms with Crippen LogP contribution in [-0.2, 0) is 6.42 Å². The Morgan fingerprint density at radius 1 is 1.17 bits per heavy atom. The third kappa shape index (κ3) is 5.31. The van der Waals surface area contributed by atoms with Crippen LogP contribution in [0.25, 0.3) is 0 Å². The van der Waals surface area contributed by atoms with Crippen molar-refractivity contribution in [2.75, 3.05) is 32.5 Å². The Morgan fingerprint density at radius 2 is 1.88 bits per heavy atom. The SMILES string of the molecule is CCc1ccc(Nc2nc(C)cc(C(=O)NCCN(C)C)n2)cc1. The van der Waals surface area contributed by atoms with E-state index in [1.54, 1.807) is 6.07 Å². The minimum absolute atomic E-state index is 0.188. The summed E-state index contributed by atoms with van der Waals surface area (Å²) in [4.78, 5) is 22.9. The van der Waals surface area contributed by atoms with Gasteiger partial charge in [-0.2, -0.15) is 0 Å². The van der Waals surface area contributed by atoms with Crippen LogP contribution in [-0.4, -0.2) is 48.0 Å². The predicted molar refractivity (Wildman–Crippen MR) is 96.8 cm³/mol. The molecule has 0 aliphatic carbocycles. The van der Waals surface area contributed by atoms with Gasteiger partial charge in [0, 0.05) is 24.5 Å². The number of anilines is 2. The maximum absolute atomic E-state index is 12.2. The van der Waals surface area contributed by atoms with Gasteiger partial charge in [0.15, 0.2) is 0 Å². The summed E-state index contributed by atoms with van der Waals surface area (Å²) in [5, 5.41) is 6.02. The number of aromatic nitrogens is 2. The molecule has 0 aliphatic heterocycles. The van der Waals surface area contributed by atoms with E-state index < -0.39 is 0 Å². The zero-order chi connectivity index (χ0) is 17.5. The van der Waals surface area contributed by atoms with Gasteiger partial charge in [0.1, 0.15) is 5.69 Å². The molecule has 0 radical (unpaired) electrons. The Balaban J connectivity index is 2.08. The van der Waals surface area contributed by atoms with E-state index >= 15 is 0 Å². The van der Waals surface area contributed by atoms with Gasteiger partial charge in [0.25, 0.3) is 5.91 Å². The maximum atomic E-state index is 12.2. The highest BCUT2D eigenvalue weighted by molar-refractivity contribution is 5.92. The van der Waals surface area contributed by atoms with Crippen molar-refractivity contribution in [2.24, 2.45) is 0 Å². The summed E-state index contributed by atoms with van der Waals surface area (Å²) in [5.41, 5.74) is 3.29. The van der Waals surface area contributed by atoms with Gasteiger partial charge in [0.05, 0.1) is 0 Å². The first-order chi connectivity index (χ1) is 11.5. The highest BCUT2D eigenvalue weighted by Gasteiger charge is 2.10. The van der Waals surface area contributed by atoms with Crippen LogP contribution in [0.5, 0.6) is 0 Å². The third-order valence-corrected chi connectivity index (χ3v) is 3.55. The quantitative estimate of drug-likeness (QED) is 0.817. The number of benzene rings is 1. The lowest BCUT2D eigenvalue weighted by molar-refractivity contribution is 0.0946. The number of nitrogens with one attached hydrogen (secondary N) is 2. The fraction of sp³-hybridized carbons (Fsp3) is 0.389. The van der Waals surface area contributed by atoms with Gasteiger partial charge in [-0.05, 0) is 51.2 Å². The Bertz CT molecular complexity index is 682. The first-order valence-electron chi connectivity index (χ1n) is 8.12.